The summed E-state index contributed by atoms with van der Waals surface area (Å²) in [5.41, 5.74) is 6.80. The molecule has 10 amide bonds. The molecular formula is C41H36ClF2N7O13. The van der Waals surface area contributed by atoms with Crippen LogP contribution in [0.2, 0.25) is 0 Å². The van der Waals surface area contributed by atoms with Crippen molar-refractivity contribution in [2.75, 3.05) is 19.0 Å². The zero-order valence-corrected chi connectivity index (χ0v) is 34.4. The second-order valence-electron chi connectivity index (χ2n) is 14.6. The Balaban J connectivity index is 0.000000168. The van der Waals surface area contributed by atoms with Crippen molar-refractivity contribution in [3.63, 3.8) is 0 Å². The lowest BCUT2D eigenvalue weighted by Crippen LogP contribution is -2.54. The average molecular weight is 908 g/mol. The summed E-state index contributed by atoms with van der Waals surface area (Å²) in [4.78, 5) is 141. The summed E-state index contributed by atoms with van der Waals surface area (Å²) in [7, 11) is 3.67. The molecule has 3 saturated heterocycles. The zero-order valence-electron chi connectivity index (χ0n) is 33.6. The second kappa shape index (κ2) is 19.2. The van der Waals surface area contributed by atoms with Crippen molar-refractivity contribution >= 4 is 89.1 Å². The molecule has 5 N–H and O–H groups in total. The molecule has 23 heteroatoms. The lowest BCUT2D eigenvalue weighted by atomic mass is 10.0. The molecule has 3 atom stereocenters. The first-order valence-electron chi connectivity index (χ1n) is 19.0. The Morgan fingerprint density at radius 3 is 1.38 bits per heavy atom. The van der Waals surface area contributed by atoms with Gasteiger partial charge in [-0.1, -0.05) is 0 Å². The van der Waals surface area contributed by atoms with Gasteiger partial charge in [-0.3, -0.25) is 73.7 Å². The van der Waals surface area contributed by atoms with Crippen molar-refractivity contribution in [1.29, 1.82) is 0 Å². The Morgan fingerprint density at radius 2 is 0.922 bits per heavy atom. The average Bonchev–Trinajstić information content (AvgIpc) is 3.75. The smallest absolute Gasteiger partial charge is 0.347 e. The van der Waals surface area contributed by atoms with E-state index in [1.807, 2.05) is 19.0 Å². The number of piperidine rings is 3. The van der Waals surface area contributed by atoms with Crippen molar-refractivity contribution in [1.82, 2.24) is 25.8 Å². The number of nitrogens with two attached hydrogens (primary N) is 1. The van der Waals surface area contributed by atoms with Crippen LogP contribution in [0.15, 0.2) is 54.6 Å². The topological polar surface area (TPSA) is 286 Å². The number of imide groups is 5. The van der Waals surface area contributed by atoms with E-state index in [1.165, 1.54) is 12.1 Å². The van der Waals surface area contributed by atoms with E-state index in [0.717, 1.165) is 39.8 Å². The van der Waals surface area contributed by atoms with Crippen LogP contribution in [0.3, 0.4) is 0 Å². The summed E-state index contributed by atoms with van der Waals surface area (Å²) in [6, 6.07) is 9.16. The van der Waals surface area contributed by atoms with Crippen LogP contribution in [0.4, 0.5) is 14.5 Å². The fourth-order valence-corrected chi connectivity index (χ4v) is 6.95. The van der Waals surface area contributed by atoms with Crippen molar-refractivity contribution < 1.29 is 71.1 Å². The molecule has 0 radical (unpaired) electrons. The molecule has 64 heavy (non-hydrogen) atoms. The molecule has 3 fully saturated rings. The number of amides is 10. The van der Waals surface area contributed by atoms with Gasteiger partial charge < -0.3 is 15.4 Å². The SMILES string of the molecule is CN(C)c1ccc2c(c1)C(=O)N(C1CCC(=O)NC1=O)C2=O.Cl.NC1CCC(=O)NC1=O.O=C1CCC(N2C(=O)c3ccc(F)cc3C2=O)C(=O)N1.O=C1OC(=O)c2cc(F)ccc21. The number of nitrogens with zero attached hydrogens (tertiary/aromatic N) is 3. The number of carbonyl (C=O) groups excluding carboxylic acids is 12. The van der Waals surface area contributed by atoms with Crippen LogP contribution in [0.25, 0.3) is 0 Å². The molecule has 6 heterocycles. The summed E-state index contributed by atoms with van der Waals surface area (Å²) in [5, 5.41) is 6.39. The number of hydrogen-bond donors (Lipinski definition) is 4. The van der Waals surface area contributed by atoms with Gasteiger partial charge in [-0.2, -0.15) is 0 Å². The van der Waals surface area contributed by atoms with Crippen molar-refractivity contribution in [2.45, 2.75) is 56.7 Å². The van der Waals surface area contributed by atoms with Crippen molar-refractivity contribution in [3.8, 4) is 0 Å². The standard InChI is InChI=1S/C15H15N3O4.C13H9FN2O4.C8H3FO3.C5H8N2O2.ClH/c1-17(2)8-3-4-9-10(7-8)15(22)18(14(9)21)11-5-6-12(19)16-13(11)20;14-6-1-2-7-8(5-6)13(20)16(12(7)19)9-3-4-10(17)15-11(9)18;9-4-1-2-5-6(3-4)8(11)12-7(5)10;6-3-1-2-4(8)7-5(3)9;/h3-4,7,11H,5-6H2,1-2H3,(H,16,19,20);1-2,5,9H,3-4H2,(H,15,17,18);1-3H;3H,1-2,6H2,(H,7,8,9);1H. The normalized spacial score (nSPS) is 20.7. The lowest BCUT2D eigenvalue weighted by molar-refractivity contribution is -0.137. The van der Waals surface area contributed by atoms with E-state index in [2.05, 4.69) is 20.7 Å². The number of halogens is 3. The summed E-state index contributed by atoms with van der Waals surface area (Å²) in [5.74, 6) is -7.68. The van der Waals surface area contributed by atoms with Gasteiger partial charge in [-0.05, 0) is 73.9 Å². The highest BCUT2D eigenvalue weighted by Crippen LogP contribution is 2.31. The van der Waals surface area contributed by atoms with Crippen molar-refractivity contribution in [3.05, 3.63) is 99.6 Å². The highest BCUT2D eigenvalue weighted by molar-refractivity contribution is 6.24. The van der Waals surface area contributed by atoms with Crippen LogP contribution in [-0.2, 0) is 33.5 Å². The van der Waals surface area contributed by atoms with E-state index < -0.39 is 83.0 Å². The number of rotatable bonds is 3. The Bertz CT molecular complexity index is 2590. The molecule has 334 valence electrons. The molecule has 3 unspecified atom stereocenters. The van der Waals surface area contributed by atoms with Crippen LogP contribution >= 0.6 is 12.4 Å². The molecule has 6 aliphatic heterocycles. The number of ether oxygens (including phenoxy) is 1. The van der Waals surface area contributed by atoms with Gasteiger partial charge in [0.05, 0.1) is 39.4 Å². The molecular weight excluding hydrogens is 872 g/mol. The fraction of sp³-hybridized carbons (Fsp3) is 0.268. The van der Waals surface area contributed by atoms with E-state index in [-0.39, 0.29) is 78.1 Å². The number of cyclic esters (lactones) is 2. The molecule has 0 bridgehead atoms. The lowest BCUT2D eigenvalue weighted by Gasteiger charge is -2.27. The first-order valence-corrected chi connectivity index (χ1v) is 19.0. The van der Waals surface area contributed by atoms with Crippen LogP contribution < -0.4 is 26.6 Å². The predicted molar refractivity (Wildman–Crippen MR) is 214 cm³/mol. The van der Waals surface area contributed by atoms with Gasteiger partial charge >= 0.3 is 11.9 Å². The molecule has 20 nitrogen and oxygen atoms in total. The Hall–Kier alpha value is -7.59. The molecule has 0 aromatic heterocycles. The van der Waals surface area contributed by atoms with E-state index in [4.69, 9.17) is 5.73 Å². The predicted octanol–water partition coefficient (Wildman–Crippen LogP) is 0.689. The number of hydrogen-bond acceptors (Lipinski definition) is 15. The van der Waals surface area contributed by atoms with E-state index in [9.17, 15) is 66.3 Å². The maximum absolute atomic E-state index is 13.2. The molecule has 9 rings (SSSR count). The number of benzene rings is 3. The summed E-state index contributed by atoms with van der Waals surface area (Å²) < 4.78 is 29.9. The first kappa shape index (κ1) is 47.5. The number of nitrogens with one attached hydrogen (secondary N) is 3. The van der Waals surface area contributed by atoms with Gasteiger partial charge in [0.2, 0.25) is 35.4 Å². The largest absolute Gasteiger partial charge is 0.386 e. The van der Waals surface area contributed by atoms with Gasteiger partial charge in [0.15, 0.2) is 0 Å². The van der Waals surface area contributed by atoms with Crippen LogP contribution in [0, 0.1) is 11.6 Å². The third kappa shape index (κ3) is 9.71. The minimum Gasteiger partial charge on any atom is -0.386 e. The van der Waals surface area contributed by atoms with E-state index >= 15 is 0 Å². The molecule has 3 aromatic carbocycles. The number of esters is 2. The molecule has 0 saturated carbocycles. The third-order valence-electron chi connectivity index (χ3n) is 10.2. The number of fused-ring (bicyclic) bond motifs is 3. The van der Waals surface area contributed by atoms with Gasteiger partial charge in [-0.15, -0.1) is 12.4 Å². The minimum absolute atomic E-state index is 0. The highest BCUT2D eigenvalue weighted by Gasteiger charge is 2.46. The van der Waals surface area contributed by atoms with Crippen LogP contribution in [0.1, 0.15) is 101 Å². The van der Waals surface area contributed by atoms with Crippen LogP contribution in [-0.4, -0.2) is 113 Å². The summed E-state index contributed by atoms with van der Waals surface area (Å²) >= 11 is 0. The quantitative estimate of drug-likeness (QED) is 0.160. The fourth-order valence-electron chi connectivity index (χ4n) is 6.95. The molecule has 3 aromatic rings. The Morgan fingerprint density at radius 1 is 0.531 bits per heavy atom. The van der Waals surface area contributed by atoms with Gasteiger partial charge in [0, 0.05) is 39.0 Å². The van der Waals surface area contributed by atoms with E-state index in [1.54, 1.807) is 18.2 Å². The molecule has 6 aliphatic rings. The zero-order chi connectivity index (χ0) is 46.0. The third-order valence-corrected chi connectivity index (χ3v) is 10.2. The van der Waals surface area contributed by atoms with E-state index in [0.29, 0.717) is 24.0 Å². The maximum Gasteiger partial charge on any atom is 0.347 e. The summed E-state index contributed by atoms with van der Waals surface area (Å²) in [6.07, 6.45) is 1.26. The van der Waals surface area contributed by atoms with Gasteiger partial charge in [0.1, 0.15) is 23.7 Å². The molecule has 0 aliphatic carbocycles. The van der Waals surface area contributed by atoms with Crippen LogP contribution in [0.5, 0.6) is 0 Å². The Labute approximate surface area is 366 Å². The summed E-state index contributed by atoms with van der Waals surface area (Å²) in [6.45, 7) is 0. The Kier molecular flexibility index (Phi) is 14.2. The van der Waals surface area contributed by atoms with Gasteiger partial charge in [0.25, 0.3) is 23.6 Å². The maximum atomic E-state index is 13.2. The number of carbonyl (C=O) groups is 12. The second-order valence-corrected chi connectivity index (χ2v) is 14.6. The number of anilines is 1. The van der Waals surface area contributed by atoms with Gasteiger partial charge in [-0.25, -0.2) is 18.4 Å². The minimum atomic E-state index is -1.02. The highest BCUT2D eigenvalue weighted by atomic mass is 35.5. The van der Waals surface area contributed by atoms with Crippen molar-refractivity contribution in [2.24, 2.45) is 5.73 Å². The first-order chi connectivity index (χ1) is 29.8. The monoisotopic (exact) mass is 907 g/mol. The molecule has 0 spiro atoms.